The van der Waals surface area contributed by atoms with Crippen LogP contribution in [-0.2, 0) is 19.4 Å². The van der Waals surface area contributed by atoms with Crippen LogP contribution in [0.3, 0.4) is 0 Å². The number of sulfone groups is 1. The Morgan fingerprint density at radius 2 is 2.10 bits per heavy atom. The number of fused-ring (bicyclic) bond motifs is 1. The van der Waals surface area contributed by atoms with Crippen LogP contribution in [0.4, 0.5) is 0 Å². The van der Waals surface area contributed by atoms with Crippen LogP contribution in [0.1, 0.15) is 43.7 Å². The maximum atomic E-state index is 12.9. The largest absolute Gasteiger partial charge is 0.487 e. The van der Waals surface area contributed by atoms with E-state index in [4.69, 9.17) is 4.74 Å². The average Bonchev–Trinajstić information content (AvgIpc) is 3.04. The lowest BCUT2D eigenvalue weighted by molar-refractivity contribution is -0.129. The molecule has 9 heteroatoms. The smallest absolute Gasteiger partial charge is 0.234 e. The molecule has 2 fully saturated rings. The molecular formula is C22H31N3O5S. The van der Waals surface area contributed by atoms with Crippen molar-refractivity contribution in [2.45, 2.75) is 49.8 Å². The summed E-state index contributed by atoms with van der Waals surface area (Å²) in [5, 5.41) is 3.16. The van der Waals surface area contributed by atoms with Crippen LogP contribution in [0.25, 0.3) is 0 Å². The van der Waals surface area contributed by atoms with Crippen molar-refractivity contribution in [3.8, 4) is 5.75 Å². The second-order valence-electron chi connectivity index (χ2n) is 9.18. The number of nitrogens with zero attached hydrogens (tertiary/aromatic N) is 2. The summed E-state index contributed by atoms with van der Waals surface area (Å²) in [5.41, 5.74) is 0.453. The van der Waals surface area contributed by atoms with Crippen molar-refractivity contribution in [2.24, 2.45) is 0 Å². The standard InChI is InChI=1S/C22H31N3O5S/c1-24-11-10-22(9-7-21(24)27)13-18(17-5-3-4-6-19(17)30-22)23-20(26)14-25(2)16-8-12-31(28,29)15-16/h3-6,16,18H,7-15H2,1-2H3,(H,23,26)/t16-,18-,22+/m0/s1. The predicted molar refractivity (Wildman–Crippen MR) is 116 cm³/mol. The first kappa shape index (κ1) is 22.1. The molecule has 0 aliphatic carbocycles. The van der Waals surface area contributed by atoms with E-state index >= 15 is 0 Å². The Morgan fingerprint density at radius 3 is 2.84 bits per heavy atom. The molecule has 8 nitrogen and oxygen atoms in total. The van der Waals surface area contributed by atoms with Gasteiger partial charge in [-0.2, -0.15) is 0 Å². The van der Waals surface area contributed by atoms with Crippen LogP contribution >= 0.6 is 0 Å². The predicted octanol–water partition coefficient (Wildman–Crippen LogP) is 1.13. The van der Waals surface area contributed by atoms with Crippen LogP contribution < -0.4 is 10.1 Å². The second-order valence-corrected chi connectivity index (χ2v) is 11.4. The summed E-state index contributed by atoms with van der Waals surface area (Å²) in [4.78, 5) is 28.7. The number of hydrogen-bond acceptors (Lipinski definition) is 6. The van der Waals surface area contributed by atoms with Gasteiger partial charge in [0.2, 0.25) is 11.8 Å². The van der Waals surface area contributed by atoms with E-state index < -0.39 is 15.4 Å². The molecule has 1 aromatic carbocycles. The van der Waals surface area contributed by atoms with E-state index in [9.17, 15) is 18.0 Å². The van der Waals surface area contributed by atoms with Crippen molar-refractivity contribution in [3.05, 3.63) is 29.8 Å². The van der Waals surface area contributed by atoms with E-state index in [2.05, 4.69) is 5.32 Å². The van der Waals surface area contributed by atoms with Gasteiger partial charge in [0.05, 0.1) is 24.1 Å². The third-order valence-corrected chi connectivity index (χ3v) is 8.63. The molecule has 1 N–H and O–H groups in total. The van der Waals surface area contributed by atoms with Crippen molar-refractivity contribution < 1.29 is 22.7 Å². The molecule has 0 saturated carbocycles. The fourth-order valence-electron chi connectivity index (χ4n) is 4.92. The van der Waals surface area contributed by atoms with E-state index in [0.29, 0.717) is 32.2 Å². The van der Waals surface area contributed by atoms with Gasteiger partial charge in [-0.05, 0) is 26.0 Å². The maximum absolute atomic E-state index is 12.9. The van der Waals surface area contributed by atoms with E-state index in [1.165, 1.54) is 0 Å². The number of ether oxygens (including phenoxy) is 1. The SMILES string of the molecule is CN1CC[C@]2(CCC1=O)C[C@H](NC(=O)CN(C)[C@H]1CCS(=O)(=O)C1)c1ccccc1O2. The minimum absolute atomic E-state index is 0.113. The maximum Gasteiger partial charge on any atom is 0.234 e. The first-order valence-corrected chi connectivity index (χ1v) is 12.7. The minimum Gasteiger partial charge on any atom is -0.487 e. The molecule has 2 saturated heterocycles. The van der Waals surface area contributed by atoms with Crippen LogP contribution in [0.15, 0.2) is 24.3 Å². The minimum atomic E-state index is -3.00. The number of hydrogen-bond donors (Lipinski definition) is 1. The van der Waals surface area contributed by atoms with Gasteiger partial charge >= 0.3 is 0 Å². The van der Waals surface area contributed by atoms with Gasteiger partial charge in [-0.3, -0.25) is 14.5 Å². The highest BCUT2D eigenvalue weighted by atomic mass is 32.2. The van der Waals surface area contributed by atoms with Crippen molar-refractivity contribution in [1.29, 1.82) is 0 Å². The van der Waals surface area contributed by atoms with Crippen LogP contribution in [0.5, 0.6) is 5.75 Å². The highest BCUT2D eigenvalue weighted by Gasteiger charge is 2.43. The van der Waals surface area contributed by atoms with Gasteiger partial charge in [0.15, 0.2) is 9.84 Å². The molecule has 0 unspecified atom stereocenters. The second kappa shape index (κ2) is 8.43. The monoisotopic (exact) mass is 449 g/mol. The average molecular weight is 450 g/mol. The number of benzene rings is 1. The van der Waals surface area contributed by atoms with Gasteiger partial charge in [0.1, 0.15) is 11.4 Å². The fraction of sp³-hybridized carbons (Fsp3) is 0.636. The van der Waals surface area contributed by atoms with Crippen molar-refractivity contribution in [1.82, 2.24) is 15.1 Å². The molecule has 1 spiro atoms. The molecule has 4 rings (SSSR count). The Morgan fingerprint density at radius 1 is 1.32 bits per heavy atom. The summed E-state index contributed by atoms with van der Waals surface area (Å²) < 4.78 is 30.0. The van der Waals surface area contributed by atoms with Crippen molar-refractivity contribution in [3.63, 3.8) is 0 Å². The fourth-order valence-corrected chi connectivity index (χ4v) is 6.72. The van der Waals surface area contributed by atoms with Gasteiger partial charge in [0.25, 0.3) is 0 Å². The Bertz CT molecular complexity index is 966. The van der Waals surface area contributed by atoms with Crippen LogP contribution in [0.2, 0.25) is 0 Å². The molecule has 3 aliphatic heterocycles. The number of amides is 2. The van der Waals surface area contributed by atoms with Crippen LogP contribution in [-0.4, -0.2) is 80.4 Å². The lowest BCUT2D eigenvalue weighted by Crippen LogP contribution is -2.48. The molecule has 1 aromatic rings. The van der Waals surface area contributed by atoms with E-state index in [1.54, 1.807) is 11.9 Å². The number of carbonyl (C=O) groups excluding carboxylic acids is 2. The summed E-state index contributed by atoms with van der Waals surface area (Å²) in [5.74, 6) is 1.04. The Kier molecular flexibility index (Phi) is 6.00. The number of para-hydroxylation sites is 1. The molecule has 3 atom stereocenters. The highest BCUT2D eigenvalue weighted by Crippen LogP contribution is 2.44. The Hall–Kier alpha value is -2.13. The molecule has 31 heavy (non-hydrogen) atoms. The van der Waals surface area contributed by atoms with Crippen molar-refractivity contribution in [2.75, 3.05) is 38.7 Å². The van der Waals surface area contributed by atoms with Crippen LogP contribution in [0, 0.1) is 0 Å². The van der Waals surface area contributed by atoms with Gasteiger partial charge in [-0.1, -0.05) is 18.2 Å². The Balaban J connectivity index is 1.47. The first-order valence-electron chi connectivity index (χ1n) is 10.9. The summed E-state index contributed by atoms with van der Waals surface area (Å²) in [6.07, 6.45) is 2.94. The van der Waals surface area contributed by atoms with Gasteiger partial charge in [0, 0.05) is 44.5 Å². The number of rotatable bonds is 4. The Labute approximate surface area is 183 Å². The van der Waals surface area contributed by atoms with Crippen molar-refractivity contribution >= 4 is 21.7 Å². The molecule has 0 bridgehead atoms. The topological polar surface area (TPSA) is 96.0 Å². The third-order valence-electron chi connectivity index (χ3n) is 6.88. The lowest BCUT2D eigenvalue weighted by atomic mass is 9.82. The van der Waals surface area contributed by atoms with Gasteiger partial charge in [-0.15, -0.1) is 0 Å². The molecule has 2 amide bonds. The highest BCUT2D eigenvalue weighted by molar-refractivity contribution is 7.91. The number of likely N-dealkylation sites (N-methyl/N-ethyl adjacent to an activating group) is 1. The molecule has 0 aromatic heterocycles. The van der Waals surface area contributed by atoms with Gasteiger partial charge < -0.3 is 15.0 Å². The first-order chi connectivity index (χ1) is 14.7. The van der Waals surface area contributed by atoms with E-state index in [-0.39, 0.29) is 41.9 Å². The zero-order valence-corrected chi connectivity index (χ0v) is 19.0. The zero-order valence-electron chi connectivity index (χ0n) is 18.2. The molecule has 3 heterocycles. The number of carbonyl (C=O) groups is 2. The van der Waals surface area contributed by atoms with Gasteiger partial charge in [-0.25, -0.2) is 8.42 Å². The lowest BCUT2D eigenvalue weighted by Gasteiger charge is -2.42. The summed E-state index contributed by atoms with van der Waals surface area (Å²) in [6, 6.07) is 7.40. The zero-order chi connectivity index (χ0) is 22.2. The molecule has 170 valence electrons. The quantitative estimate of drug-likeness (QED) is 0.740. The normalized spacial score (nSPS) is 30.0. The summed E-state index contributed by atoms with van der Waals surface area (Å²) in [6.45, 7) is 0.772. The number of nitrogens with one attached hydrogen (secondary N) is 1. The summed E-state index contributed by atoms with van der Waals surface area (Å²) in [7, 11) is 0.623. The molecule has 0 radical (unpaired) electrons. The molecular weight excluding hydrogens is 418 g/mol. The number of likely N-dealkylation sites (tertiary alicyclic amines) is 1. The summed E-state index contributed by atoms with van der Waals surface area (Å²) >= 11 is 0. The molecule has 3 aliphatic rings. The third kappa shape index (κ3) is 4.87. The van der Waals surface area contributed by atoms with E-state index in [1.807, 2.05) is 36.2 Å². The van der Waals surface area contributed by atoms with E-state index in [0.717, 1.165) is 17.7 Å².